The van der Waals surface area contributed by atoms with Gasteiger partial charge >= 0.3 is 0 Å². The molecule has 4 rings (SSSR count). The highest BCUT2D eigenvalue weighted by Gasteiger charge is 2.27. The number of aryl methyl sites for hydroxylation is 1. The predicted molar refractivity (Wildman–Crippen MR) is 122 cm³/mol. The van der Waals surface area contributed by atoms with E-state index in [1.54, 1.807) is 25.1 Å². The minimum absolute atomic E-state index is 0.0494. The molecule has 1 fully saturated rings. The Kier molecular flexibility index (Phi) is 6.35. The van der Waals surface area contributed by atoms with Crippen LogP contribution in [0.5, 0.6) is 0 Å². The van der Waals surface area contributed by atoms with Gasteiger partial charge in [0.25, 0.3) is 5.91 Å². The molecule has 1 aromatic heterocycles. The SMILES string of the molecule is Cc1ccc(N(CC(=O)N2CCCCC2)C(=O)c2cnn(-c3ccccc3F)c2C)cc1. The summed E-state index contributed by atoms with van der Waals surface area (Å²) < 4.78 is 15.7. The van der Waals surface area contributed by atoms with Crippen molar-refractivity contribution in [2.24, 2.45) is 0 Å². The Hall–Kier alpha value is -3.48. The predicted octanol–water partition coefficient (Wildman–Crippen LogP) is 4.29. The second kappa shape index (κ2) is 9.34. The van der Waals surface area contributed by atoms with Gasteiger partial charge in [0.05, 0.1) is 17.5 Å². The molecule has 0 bridgehead atoms. The zero-order valence-electron chi connectivity index (χ0n) is 18.4. The lowest BCUT2D eigenvalue weighted by molar-refractivity contribution is -0.130. The highest BCUT2D eigenvalue weighted by Crippen LogP contribution is 2.23. The number of anilines is 1. The van der Waals surface area contributed by atoms with Crippen LogP contribution in [0.15, 0.2) is 54.7 Å². The van der Waals surface area contributed by atoms with Crippen molar-refractivity contribution in [3.05, 3.63) is 77.4 Å². The van der Waals surface area contributed by atoms with Crippen molar-refractivity contribution in [1.29, 1.82) is 0 Å². The molecule has 0 spiro atoms. The molecule has 0 unspecified atom stereocenters. The number of likely N-dealkylation sites (tertiary alicyclic amines) is 1. The van der Waals surface area contributed by atoms with Gasteiger partial charge in [-0.15, -0.1) is 0 Å². The standard InChI is InChI=1S/C25H27FN4O2/c1-18-10-12-20(13-11-18)29(17-24(31)28-14-6-3-7-15-28)25(32)21-16-27-30(19(21)2)23-9-5-4-8-22(23)26/h4-5,8-13,16H,3,6-7,14-15,17H2,1-2H3. The van der Waals surface area contributed by atoms with Gasteiger partial charge in [-0.05, 0) is 57.4 Å². The summed E-state index contributed by atoms with van der Waals surface area (Å²) in [7, 11) is 0. The number of para-hydroxylation sites is 1. The Balaban J connectivity index is 1.66. The number of amides is 2. The summed E-state index contributed by atoms with van der Waals surface area (Å²) in [5.74, 6) is -0.828. The molecule has 1 aliphatic rings. The number of piperidine rings is 1. The van der Waals surface area contributed by atoms with E-state index < -0.39 is 5.82 Å². The van der Waals surface area contributed by atoms with Crippen molar-refractivity contribution in [3.63, 3.8) is 0 Å². The number of benzene rings is 2. The van der Waals surface area contributed by atoms with Crippen LogP contribution in [0.2, 0.25) is 0 Å². The third-order valence-corrected chi connectivity index (χ3v) is 5.91. The maximum Gasteiger partial charge on any atom is 0.262 e. The quantitative estimate of drug-likeness (QED) is 0.602. The summed E-state index contributed by atoms with van der Waals surface area (Å²) >= 11 is 0. The van der Waals surface area contributed by atoms with E-state index in [-0.39, 0.29) is 24.0 Å². The molecule has 1 aliphatic heterocycles. The Morgan fingerprint density at radius 3 is 2.38 bits per heavy atom. The normalized spacial score (nSPS) is 13.8. The number of hydrogen-bond acceptors (Lipinski definition) is 3. The van der Waals surface area contributed by atoms with E-state index in [2.05, 4.69) is 5.10 Å². The van der Waals surface area contributed by atoms with Gasteiger partial charge in [-0.3, -0.25) is 14.5 Å². The second-order valence-electron chi connectivity index (χ2n) is 8.18. The van der Waals surface area contributed by atoms with E-state index in [9.17, 15) is 14.0 Å². The summed E-state index contributed by atoms with van der Waals surface area (Å²) in [5.41, 5.74) is 2.83. The van der Waals surface area contributed by atoms with E-state index in [0.717, 1.165) is 37.9 Å². The first-order chi connectivity index (χ1) is 15.5. The van der Waals surface area contributed by atoms with Gasteiger partial charge in [0.2, 0.25) is 5.91 Å². The second-order valence-corrected chi connectivity index (χ2v) is 8.18. The zero-order chi connectivity index (χ0) is 22.7. The Labute approximate surface area is 187 Å². The molecular formula is C25H27FN4O2. The summed E-state index contributed by atoms with van der Waals surface area (Å²) in [4.78, 5) is 29.9. The van der Waals surface area contributed by atoms with Crippen LogP contribution in [0.1, 0.15) is 40.9 Å². The van der Waals surface area contributed by atoms with Crippen LogP contribution in [-0.2, 0) is 4.79 Å². The minimum Gasteiger partial charge on any atom is -0.341 e. The van der Waals surface area contributed by atoms with Crippen molar-refractivity contribution in [3.8, 4) is 5.69 Å². The molecule has 0 aliphatic carbocycles. The third-order valence-electron chi connectivity index (χ3n) is 5.91. The first kappa shape index (κ1) is 21.7. The average molecular weight is 435 g/mol. The highest BCUT2D eigenvalue weighted by atomic mass is 19.1. The Bertz CT molecular complexity index is 1120. The lowest BCUT2D eigenvalue weighted by Gasteiger charge is -2.30. The molecule has 2 amide bonds. The summed E-state index contributed by atoms with van der Waals surface area (Å²) in [5, 5.41) is 4.26. The number of carbonyl (C=O) groups is 2. The number of nitrogens with zero attached hydrogens (tertiary/aromatic N) is 4. The molecule has 2 heterocycles. The lowest BCUT2D eigenvalue weighted by Crippen LogP contribution is -2.45. The van der Waals surface area contributed by atoms with E-state index >= 15 is 0 Å². The molecule has 6 nitrogen and oxygen atoms in total. The molecule has 2 aromatic carbocycles. The first-order valence-electron chi connectivity index (χ1n) is 10.9. The largest absolute Gasteiger partial charge is 0.341 e. The van der Waals surface area contributed by atoms with Crippen LogP contribution in [0.4, 0.5) is 10.1 Å². The van der Waals surface area contributed by atoms with Gasteiger partial charge in [0, 0.05) is 18.8 Å². The molecule has 0 atom stereocenters. The van der Waals surface area contributed by atoms with Crippen LogP contribution in [0, 0.1) is 19.7 Å². The number of halogens is 1. The molecule has 0 N–H and O–H groups in total. The maximum atomic E-state index is 14.3. The van der Waals surface area contributed by atoms with E-state index in [0.29, 0.717) is 16.9 Å². The lowest BCUT2D eigenvalue weighted by atomic mass is 10.1. The minimum atomic E-state index is -0.423. The fraction of sp³-hybridized carbons (Fsp3) is 0.320. The molecule has 32 heavy (non-hydrogen) atoms. The molecule has 0 radical (unpaired) electrons. The first-order valence-corrected chi connectivity index (χ1v) is 10.9. The highest BCUT2D eigenvalue weighted by molar-refractivity contribution is 6.09. The summed E-state index contributed by atoms with van der Waals surface area (Å²) in [6.45, 7) is 5.09. The number of aromatic nitrogens is 2. The number of hydrogen-bond donors (Lipinski definition) is 0. The molecular weight excluding hydrogens is 407 g/mol. The summed E-state index contributed by atoms with van der Waals surface area (Å²) in [6.07, 6.45) is 4.53. The fourth-order valence-corrected chi connectivity index (χ4v) is 4.01. The summed E-state index contributed by atoms with van der Waals surface area (Å²) in [6, 6.07) is 13.8. The van der Waals surface area contributed by atoms with Crippen LogP contribution < -0.4 is 4.90 Å². The van der Waals surface area contributed by atoms with E-state index in [1.165, 1.54) is 21.8 Å². The monoisotopic (exact) mass is 434 g/mol. The van der Waals surface area contributed by atoms with Crippen molar-refractivity contribution in [2.45, 2.75) is 33.1 Å². The van der Waals surface area contributed by atoms with Gasteiger partial charge in [-0.25, -0.2) is 9.07 Å². The van der Waals surface area contributed by atoms with Crippen LogP contribution in [0.3, 0.4) is 0 Å². The van der Waals surface area contributed by atoms with Crippen LogP contribution in [0.25, 0.3) is 5.69 Å². The number of carbonyl (C=O) groups excluding carboxylic acids is 2. The Morgan fingerprint density at radius 1 is 1.00 bits per heavy atom. The number of rotatable bonds is 5. The maximum absolute atomic E-state index is 14.3. The van der Waals surface area contributed by atoms with Crippen molar-refractivity contribution in [1.82, 2.24) is 14.7 Å². The fourth-order valence-electron chi connectivity index (χ4n) is 4.01. The van der Waals surface area contributed by atoms with Gasteiger partial charge in [0.1, 0.15) is 18.0 Å². The van der Waals surface area contributed by atoms with Crippen LogP contribution >= 0.6 is 0 Å². The van der Waals surface area contributed by atoms with Crippen molar-refractivity contribution < 1.29 is 14.0 Å². The van der Waals surface area contributed by atoms with Gasteiger partial charge in [-0.2, -0.15) is 5.10 Å². The van der Waals surface area contributed by atoms with Crippen molar-refractivity contribution >= 4 is 17.5 Å². The topological polar surface area (TPSA) is 58.4 Å². The molecule has 0 saturated carbocycles. The van der Waals surface area contributed by atoms with E-state index in [4.69, 9.17) is 0 Å². The van der Waals surface area contributed by atoms with E-state index in [1.807, 2.05) is 36.1 Å². The van der Waals surface area contributed by atoms with Gasteiger partial charge in [0.15, 0.2) is 0 Å². The van der Waals surface area contributed by atoms with Crippen molar-refractivity contribution in [2.75, 3.05) is 24.5 Å². The smallest absolute Gasteiger partial charge is 0.262 e. The molecule has 3 aromatic rings. The van der Waals surface area contributed by atoms with Gasteiger partial charge in [-0.1, -0.05) is 29.8 Å². The Morgan fingerprint density at radius 2 is 1.69 bits per heavy atom. The molecule has 1 saturated heterocycles. The van der Waals surface area contributed by atoms with Crippen LogP contribution in [-0.4, -0.2) is 46.1 Å². The average Bonchev–Trinajstić information content (AvgIpc) is 3.19. The zero-order valence-corrected chi connectivity index (χ0v) is 18.4. The molecule has 166 valence electrons. The third kappa shape index (κ3) is 4.42. The van der Waals surface area contributed by atoms with Gasteiger partial charge < -0.3 is 4.90 Å². The molecule has 7 heteroatoms.